The number of ether oxygens (including phenoxy) is 2. The summed E-state index contributed by atoms with van der Waals surface area (Å²) in [7, 11) is 1.55. The zero-order chi connectivity index (χ0) is 15.1. The molecule has 0 spiro atoms. The van der Waals surface area contributed by atoms with Crippen molar-refractivity contribution in [2.24, 2.45) is 0 Å². The number of para-hydroxylation sites is 1. The Labute approximate surface area is 123 Å². The van der Waals surface area contributed by atoms with Crippen LogP contribution in [0.5, 0.6) is 5.75 Å². The minimum Gasteiger partial charge on any atom is -0.488 e. The van der Waals surface area contributed by atoms with Gasteiger partial charge in [-0.1, -0.05) is 18.2 Å². The lowest BCUT2D eigenvalue weighted by Crippen LogP contribution is -2.28. The van der Waals surface area contributed by atoms with E-state index in [4.69, 9.17) is 14.7 Å². The maximum Gasteiger partial charge on any atom is 0.262 e. The number of carbonyl (C=O) groups is 1. The van der Waals surface area contributed by atoms with Crippen molar-refractivity contribution in [3.8, 4) is 11.8 Å². The predicted octanol–water partition coefficient (Wildman–Crippen LogP) is 1.67. The van der Waals surface area contributed by atoms with Crippen molar-refractivity contribution in [2.75, 3.05) is 26.9 Å². The average molecular weight is 284 g/mol. The molecule has 2 rings (SSSR count). The van der Waals surface area contributed by atoms with Crippen LogP contribution < -0.4 is 10.1 Å². The summed E-state index contributed by atoms with van der Waals surface area (Å²) in [6, 6.07) is 9.53. The van der Waals surface area contributed by atoms with Gasteiger partial charge in [0.05, 0.1) is 6.61 Å². The van der Waals surface area contributed by atoms with E-state index in [0.717, 1.165) is 16.9 Å². The zero-order valence-electron chi connectivity index (χ0n) is 11.8. The van der Waals surface area contributed by atoms with Crippen LogP contribution in [0, 0.1) is 11.3 Å². The highest BCUT2D eigenvalue weighted by Gasteiger charge is 2.13. The SMILES string of the molecule is COCCNC(=O)C(C#N)=CC1=Cc2ccccc2OC1. The summed E-state index contributed by atoms with van der Waals surface area (Å²) >= 11 is 0. The first-order chi connectivity index (χ1) is 10.2. The fourth-order valence-electron chi connectivity index (χ4n) is 1.91. The molecule has 0 aromatic heterocycles. The largest absolute Gasteiger partial charge is 0.488 e. The number of nitriles is 1. The molecule has 0 saturated heterocycles. The topological polar surface area (TPSA) is 71.3 Å². The Hall–Kier alpha value is -2.58. The minimum absolute atomic E-state index is 0.0559. The molecule has 0 bridgehead atoms. The van der Waals surface area contributed by atoms with E-state index in [1.807, 2.05) is 36.4 Å². The predicted molar refractivity (Wildman–Crippen MR) is 78.5 cm³/mol. The molecule has 1 aromatic carbocycles. The van der Waals surface area contributed by atoms with Crippen molar-refractivity contribution in [1.82, 2.24) is 5.32 Å². The van der Waals surface area contributed by atoms with Crippen LogP contribution in [-0.4, -0.2) is 32.8 Å². The van der Waals surface area contributed by atoms with Gasteiger partial charge in [0.25, 0.3) is 5.91 Å². The van der Waals surface area contributed by atoms with Gasteiger partial charge in [0.1, 0.15) is 24.0 Å². The number of hydrogen-bond donors (Lipinski definition) is 1. The first-order valence-corrected chi connectivity index (χ1v) is 6.56. The molecule has 0 atom stereocenters. The number of benzene rings is 1. The number of methoxy groups -OCH3 is 1. The molecular formula is C16H16N2O3. The molecule has 0 aliphatic carbocycles. The van der Waals surface area contributed by atoms with Gasteiger partial charge in [-0.2, -0.15) is 5.26 Å². The van der Waals surface area contributed by atoms with Crippen LogP contribution in [0.3, 0.4) is 0 Å². The zero-order valence-corrected chi connectivity index (χ0v) is 11.8. The van der Waals surface area contributed by atoms with Gasteiger partial charge in [0.15, 0.2) is 0 Å². The molecule has 1 aliphatic heterocycles. The standard InChI is InChI=1S/C16H16N2O3/c1-20-7-6-18-16(19)14(10-17)9-12-8-13-4-2-3-5-15(13)21-11-12/h2-5,8-9H,6-7,11H2,1H3,(H,18,19). The first-order valence-electron chi connectivity index (χ1n) is 6.56. The second kappa shape index (κ2) is 7.27. The molecule has 108 valence electrons. The Morgan fingerprint density at radius 1 is 1.52 bits per heavy atom. The van der Waals surface area contributed by atoms with Crippen molar-refractivity contribution >= 4 is 12.0 Å². The van der Waals surface area contributed by atoms with E-state index < -0.39 is 5.91 Å². The molecule has 1 amide bonds. The first kappa shape index (κ1) is 14.8. The van der Waals surface area contributed by atoms with Crippen LogP contribution in [0.25, 0.3) is 6.08 Å². The lowest BCUT2D eigenvalue weighted by molar-refractivity contribution is -0.117. The molecule has 0 radical (unpaired) electrons. The number of nitrogens with one attached hydrogen (secondary N) is 1. The third-order valence-corrected chi connectivity index (χ3v) is 2.94. The van der Waals surface area contributed by atoms with Gasteiger partial charge in [-0.15, -0.1) is 0 Å². The summed E-state index contributed by atoms with van der Waals surface area (Å²) in [6.07, 6.45) is 3.47. The van der Waals surface area contributed by atoms with Gasteiger partial charge in [-0.25, -0.2) is 0 Å². The average Bonchev–Trinajstić information content (AvgIpc) is 2.52. The Bertz CT molecular complexity index is 627. The van der Waals surface area contributed by atoms with Crippen molar-refractivity contribution in [1.29, 1.82) is 5.26 Å². The van der Waals surface area contributed by atoms with Gasteiger partial charge < -0.3 is 14.8 Å². The lowest BCUT2D eigenvalue weighted by Gasteiger charge is -2.16. The maximum atomic E-state index is 11.8. The summed E-state index contributed by atoms with van der Waals surface area (Å²) in [5.41, 5.74) is 1.78. The third kappa shape index (κ3) is 3.94. The molecule has 0 unspecified atom stereocenters. The van der Waals surface area contributed by atoms with Gasteiger partial charge in [-0.3, -0.25) is 4.79 Å². The van der Waals surface area contributed by atoms with Crippen molar-refractivity contribution < 1.29 is 14.3 Å². The molecule has 5 nitrogen and oxygen atoms in total. The fourth-order valence-corrected chi connectivity index (χ4v) is 1.91. The maximum absolute atomic E-state index is 11.8. The van der Waals surface area contributed by atoms with Crippen LogP contribution in [0.4, 0.5) is 0 Å². The van der Waals surface area contributed by atoms with Crippen molar-refractivity contribution in [2.45, 2.75) is 0 Å². The fraction of sp³-hybridized carbons (Fsp3) is 0.250. The summed E-state index contributed by atoms with van der Waals surface area (Å²) in [5.74, 6) is 0.395. The molecule has 21 heavy (non-hydrogen) atoms. The number of rotatable bonds is 5. The number of fused-ring (bicyclic) bond motifs is 1. The van der Waals surface area contributed by atoms with Gasteiger partial charge in [0.2, 0.25) is 0 Å². The molecule has 1 heterocycles. The van der Waals surface area contributed by atoms with Gasteiger partial charge in [-0.05, 0) is 23.8 Å². The second-order valence-electron chi connectivity index (χ2n) is 4.46. The Balaban J connectivity index is 2.12. The number of carbonyl (C=O) groups excluding carboxylic acids is 1. The molecular weight excluding hydrogens is 268 g/mol. The monoisotopic (exact) mass is 284 g/mol. The van der Waals surface area contributed by atoms with Crippen molar-refractivity contribution in [3.63, 3.8) is 0 Å². The number of amides is 1. The molecule has 1 aliphatic rings. The summed E-state index contributed by atoms with van der Waals surface area (Å²) < 4.78 is 10.4. The van der Waals surface area contributed by atoms with Crippen LogP contribution in [0.15, 0.2) is 41.5 Å². The molecule has 1 N–H and O–H groups in total. The smallest absolute Gasteiger partial charge is 0.262 e. The van der Waals surface area contributed by atoms with E-state index in [1.54, 1.807) is 13.2 Å². The van der Waals surface area contributed by atoms with Crippen LogP contribution in [-0.2, 0) is 9.53 Å². The Morgan fingerprint density at radius 3 is 3.10 bits per heavy atom. The molecule has 0 saturated carbocycles. The molecule has 5 heteroatoms. The molecule has 1 aromatic rings. The molecule has 0 fully saturated rings. The second-order valence-corrected chi connectivity index (χ2v) is 4.46. The summed E-state index contributed by atoms with van der Waals surface area (Å²) in [5, 5.41) is 11.7. The van der Waals surface area contributed by atoms with E-state index >= 15 is 0 Å². The van der Waals surface area contributed by atoms with Gasteiger partial charge >= 0.3 is 0 Å². The number of nitrogens with zero attached hydrogens (tertiary/aromatic N) is 1. The van der Waals surface area contributed by atoms with Crippen LogP contribution >= 0.6 is 0 Å². The van der Waals surface area contributed by atoms with Gasteiger partial charge in [0, 0.05) is 19.2 Å². The normalized spacial score (nSPS) is 13.5. The lowest BCUT2D eigenvalue weighted by atomic mass is 10.1. The summed E-state index contributed by atoms with van der Waals surface area (Å²) in [6.45, 7) is 1.11. The third-order valence-electron chi connectivity index (χ3n) is 2.94. The van der Waals surface area contributed by atoms with E-state index in [1.165, 1.54) is 0 Å². The quantitative estimate of drug-likeness (QED) is 0.507. The van der Waals surface area contributed by atoms with E-state index in [0.29, 0.717) is 19.8 Å². The van der Waals surface area contributed by atoms with E-state index in [9.17, 15) is 4.79 Å². The Kier molecular flexibility index (Phi) is 5.13. The van der Waals surface area contributed by atoms with Crippen LogP contribution in [0.1, 0.15) is 5.56 Å². The van der Waals surface area contributed by atoms with E-state index in [-0.39, 0.29) is 5.57 Å². The van der Waals surface area contributed by atoms with Crippen LogP contribution in [0.2, 0.25) is 0 Å². The summed E-state index contributed by atoms with van der Waals surface area (Å²) in [4.78, 5) is 11.8. The highest BCUT2D eigenvalue weighted by molar-refractivity contribution is 5.98. The highest BCUT2D eigenvalue weighted by atomic mass is 16.5. The number of hydrogen-bond acceptors (Lipinski definition) is 4. The Morgan fingerprint density at radius 2 is 2.33 bits per heavy atom. The highest BCUT2D eigenvalue weighted by Crippen LogP contribution is 2.26. The van der Waals surface area contributed by atoms with Crippen molar-refractivity contribution in [3.05, 3.63) is 47.1 Å². The van der Waals surface area contributed by atoms with E-state index in [2.05, 4.69) is 5.32 Å². The minimum atomic E-state index is -0.408.